The Labute approximate surface area is 124 Å². The molecule has 104 valence electrons. The lowest BCUT2D eigenvalue weighted by Crippen LogP contribution is -2.29. The number of thiophene rings is 2. The van der Waals surface area contributed by atoms with Gasteiger partial charge in [0.05, 0.1) is 24.2 Å². The van der Waals surface area contributed by atoms with Gasteiger partial charge in [-0.2, -0.15) is 0 Å². The van der Waals surface area contributed by atoms with Gasteiger partial charge in [-0.25, -0.2) is 0 Å². The molecule has 5 unspecified atom stereocenters. The Morgan fingerprint density at radius 1 is 1.15 bits per heavy atom. The Balaban J connectivity index is 1.36. The summed E-state index contributed by atoms with van der Waals surface area (Å²) in [7, 11) is 0. The van der Waals surface area contributed by atoms with Gasteiger partial charge in [-0.15, -0.1) is 22.7 Å². The third-order valence-corrected chi connectivity index (χ3v) is 6.28. The van der Waals surface area contributed by atoms with Gasteiger partial charge in [-0.1, -0.05) is 12.1 Å². The van der Waals surface area contributed by atoms with Crippen LogP contribution in [0.2, 0.25) is 0 Å². The molecule has 5 rings (SSSR count). The van der Waals surface area contributed by atoms with E-state index in [-0.39, 0.29) is 12.3 Å². The Morgan fingerprint density at radius 3 is 2.60 bits per heavy atom. The minimum Gasteiger partial charge on any atom is -0.366 e. The monoisotopic (exact) mass is 306 g/mol. The lowest BCUT2D eigenvalue weighted by Gasteiger charge is -2.16. The topological polar surface area (TPSA) is 54.4 Å². The van der Waals surface area contributed by atoms with E-state index in [9.17, 15) is 5.11 Å². The van der Waals surface area contributed by atoms with Crippen LogP contribution >= 0.6 is 22.7 Å². The Bertz CT molecular complexity index is 615. The summed E-state index contributed by atoms with van der Waals surface area (Å²) in [6.45, 7) is 0. The standard InChI is InChI=1S/C14H14N2O2S2/c17-14-12-11(8-4-2-6-20-8)16(12)13(18-14)10-9(15-10)7-3-1-5-19-7/h1-6,9-15,17H/t9?,10-,11?,12?,13?,14+,16?/m0/s1. The van der Waals surface area contributed by atoms with Crippen molar-refractivity contribution in [2.45, 2.75) is 36.7 Å². The molecule has 3 fully saturated rings. The Morgan fingerprint density at radius 2 is 1.90 bits per heavy atom. The summed E-state index contributed by atoms with van der Waals surface area (Å²) in [6.07, 6.45) is -0.660. The largest absolute Gasteiger partial charge is 0.366 e. The molecule has 2 aromatic heterocycles. The van der Waals surface area contributed by atoms with Crippen molar-refractivity contribution in [3.05, 3.63) is 44.8 Å². The van der Waals surface area contributed by atoms with E-state index in [0.29, 0.717) is 18.1 Å². The summed E-state index contributed by atoms with van der Waals surface area (Å²) in [4.78, 5) is 4.99. The Hall–Kier alpha value is -0.760. The van der Waals surface area contributed by atoms with Gasteiger partial charge in [0.1, 0.15) is 6.23 Å². The first-order chi connectivity index (χ1) is 9.84. The first kappa shape index (κ1) is 11.9. The van der Waals surface area contributed by atoms with E-state index in [4.69, 9.17) is 4.74 Å². The summed E-state index contributed by atoms with van der Waals surface area (Å²) < 4.78 is 5.73. The predicted octanol–water partition coefficient (Wildman–Crippen LogP) is 1.92. The van der Waals surface area contributed by atoms with Gasteiger partial charge in [-0.3, -0.25) is 10.2 Å². The van der Waals surface area contributed by atoms with Crippen LogP contribution in [-0.2, 0) is 4.74 Å². The van der Waals surface area contributed by atoms with E-state index in [2.05, 4.69) is 45.2 Å². The third kappa shape index (κ3) is 1.60. The van der Waals surface area contributed by atoms with Gasteiger partial charge >= 0.3 is 0 Å². The molecule has 7 atom stereocenters. The van der Waals surface area contributed by atoms with Crippen molar-refractivity contribution in [2.75, 3.05) is 0 Å². The highest BCUT2D eigenvalue weighted by molar-refractivity contribution is 7.10. The van der Waals surface area contributed by atoms with E-state index in [1.807, 2.05) is 0 Å². The molecule has 3 aliphatic heterocycles. The fourth-order valence-electron chi connectivity index (χ4n) is 3.36. The average Bonchev–Trinajstić information content (AvgIpc) is 3.14. The highest BCUT2D eigenvalue weighted by Gasteiger charge is 2.67. The van der Waals surface area contributed by atoms with E-state index in [1.54, 1.807) is 22.7 Å². The second kappa shape index (κ2) is 4.13. The first-order valence-corrected chi connectivity index (χ1v) is 8.54. The van der Waals surface area contributed by atoms with E-state index in [0.717, 1.165) is 0 Å². The molecule has 0 aliphatic carbocycles. The average molecular weight is 306 g/mol. The first-order valence-electron chi connectivity index (χ1n) is 6.78. The summed E-state index contributed by atoms with van der Waals surface area (Å²) in [5.74, 6) is 0. The van der Waals surface area contributed by atoms with Crippen LogP contribution in [0.5, 0.6) is 0 Å². The van der Waals surface area contributed by atoms with Crippen molar-refractivity contribution in [3.63, 3.8) is 0 Å². The summed E-state index contributed by atoms with van der Waals surface area (Å²) in [5.41, 5.74) is 0. The number of aliphatic hydroxyl groups is 1. The van der Waals surface area contributed by atoms with E-state index < -0.39 is 6.29 Å². The van der Waals surface area contributed by atoms with Crippen molar-refractivity contribution >= 4 is 22.7 Å². The predicted molar refractivity (Wildman–Crippen MR) is 77.6 cm³/mol. The summed E-state index contributed by atoms with van der Waals surface area (Å²) in [5, 5.41) is 17.8. The fraction of sp³-hybridized carbons (Fsp3) is 0.429. The molecule has 0 saturated carbocycles. The number of rotatable bonds is 3. The molecule has 20 heavy (non-hydrogen) atoms. The fourth-order valence-corrected chi connectivity index (χ4v) is 5.07. The van der Waals surface area contributed by atoms with E-state index in [1.165, 1.54) is 9.75 Å². The molecule has 6 heteroatoms. The van der Waals surface area contributed by atoms with Gasteiger partial charge in [0.25, 0.3) is 0 Å². The zero-order valence-corrected chi connectivity index (χ0v) is 12.2. The number of aliphatic hydroxyl groups excluding tert-OH is 1. The van der Waals surface area contributed by atoms with Gasteiger partial charge in [-0.05, 0) is 22.9 Å². The number of fused-ring (bicyclic) bond motifs is 1. The molecule has 3 saturated heterocycles. The van der Waals surface area contributed by atoms with Crippen molar-refractivity contribution in [3.8, 4) is 0 Å². The van der Waals surface area contributed by atoms with Crippen LogP contribution in [0.4, 0.5) is 0 Å². The molecule has 0 amide bonds. The zero-order valence-electron chi connectivity index (χ0n) is 10.5. The van der Waals surface area contributed by atoms with E-state index >= 15 is 0 Å². The molecule has 5 heterocycles. The van der Waals surface area contributed by atoms with Crippen molar-refractivity contribution in [1.82, 2.24) is 10.2 Å². The Kier molecular flexibility index (Phi) is 2.45. The van der Waals surface area contributed by atoms with Crippen LogP contribution in [0.15, 0.2) is 35.0 Å². The maximum Gasteiger partial charge on any atom is 0.174 e. The van der Waals surface area contributed by atoms with Gasteiger partial charge in [0.2, 0.25) is 0 Å². The molecule has 2 N–H and O–H groups in total. The van der Waals surface area contributed by atoms with Crippen LogP contribution in [0.3, 0.4) is 0 Å². The highest BCUT2D eigenvalue weighted by atomic mass is 32.1. The third-order valence-electron chi connectivity index (χ3n) is 4.38. The molecule has 2 aromatic rings. The molecule has 0 aromatic carbocycles. The molecule has 3 aliphatic rings. The van der Waals surface area contributed by atoms with Gasteiger partial charge < -0.3 is 9.84 Å². The highest BCUT2D eigenvalue weighted by Crippen LogP contribution is 2.56. The van der Waals surface area contributed by atoms with Crippen LogP contribution in [0, 0.1) is 0 Å². The summed E-state index contributed by atoms with van der Waals surface area (Å²) >= 11 is 3.53. The second-order valence-corrected chi connectivity index (χ2v) is 7.46. The maximum atomic E-state index is 10.1. The maximum absolute atomic E-state index is 10.1. The zero-order chi connectivity index (χ0) is 13.3. The molecule has 0 spiro atoms. The number of ether oxygens (including phenoxy) is 1. The van der Waals surface area contributed by atoms with Gasteiger partial charge in [0.15, 0.2) is 6.29 Å². The normalized spacial score (nSPS) is 45.4. The van der Waals surface area contributed by atoms with Crippen LogP contribution < -0.4 is 5.32 Å². The quantitative estimate of drug-likeness (QED) is 0.851. The number of nitrogens with one attached hydrogen (secondary N) is 1. The molecule has 0 radical (unpaired) electrons. The number of hydrogen-bond acceptors (Lipinski definition) is 6. The second-order valence-electron chi connectivity index (χ2n) is 5.50. The number of hydrogen-bond donors (Lipinski definition) is 2. The van der Waals surface area contributed by atoms with Crippen LogP contribution in [0.25, 0.3) is 0 Å². The molecule has 4 nitrogen and oxygen atoms in total. The lowest BCUT2D eigenvalue weighted by molar-refractivity contribution is -0.117. The molecular formula is C14H14N2O2S2. The smallest absolute Gasteiger partial charge is 0.174 e. The summed E-state index contributed by atoms with van der Waals surface area (Å²) in [6, 6.07) is 9.63. The van der Waals surface area contributed by atoms with Gasteiger partial charge in [0, 0.05) is 9.75 Å². The molecular weight excluding hydrogens is 292 g/mol. The minimum atomic E-state index is -0.654. The van der Waals surface area contributed by atoms with Crippen LogP contribution in [-0.4, -0.2) is 34.6 Å². The molecule has 0 bridgehead atoms. The SMILES string of the molecule is O[C@@H]1OC([C@H]2NC2c2cccs2)N2C(c3cccs3)C12. The van der Waals surface area contributed by atoms with Crippen LogP contribution in [0.1, 0.15) is 21.8 Å². The van der Waals surface area contributed by atoms with Crippen molar-refractivity contribution < 1.29 is 9.84 Å². The number of nitrogens with zero attached hydrogens (tertiary/aromatic N) is 1. The van der Waals surface area contributed by atoms with Crippen molar-refractivity contribution in [2.24, 2.45) is 0 Å². The lowest BCUT2D eigenvalue weighted by atomic mass is 10.2. The van der Waals surface area contributed by atoms with Crippen molar-refractivity contribution in [1.29, 1.82) is 0 Å². The minimum absolute atomic E-state index is 0.00537.